The minimum Gasteiger partial charge on any atom is -0.507 e. The van der Waals surface area contributed by atoms with Crippen molar-refractivity contribution >= 4 is 56.5 Å². The van der Waals surface area contributed by atoms with Crippen LogP contribution < -0.4 is 23.8 Å². The van der Waals surface area contributed by atoms with Gasteiger partial charge in [0.15, 0.2) is 27.3 Å². The summed E-state index contributed by atoms with van der Waals surface area (Å²) < 4.78 is 24.0. The Morgan fingerprint density at radius 1 is 0.940 bits per heavy atom. The fourth-order valence-corrected chi connectivity index (χ4v) is 7.89. The minimum absolute atomic E-state index is 0.0889. The van der Waals surface area contributed by atoms with Crippen LogP contribution in [0.25, 0.3) is 16.5 Å². The lowest BCUT2D eigenvalue weighted by Gasteiger charge is -2.24. The maximum absolute atomic E-state index is 13.9. The van der Waals surface area contributed by atoms with Crippen LogP contribution in [-0.4, -0.2) is 53.4 Å². The third-order valence-corrected chi connectivity index (χ3v) is 10.5. The van der Waals surface area contributed by atoms with E-state index in [1.165, 1.54) is 28.0 Å². The largest absolute Gasteiger partial charge is 0.507 e. The zero-order chi connectivity index (χ0) is 34.6. The number of benzene rings is 4. The maximum atomic E-state index is 13.9. The zero-order valence-electron chi connectivity index (χ0n) is 27.6. The van der Waals surface area contributed by atoms with E-state index in [0.717, 1.165) is 29.2 Å². The summed E-state index contributed by atoms with van der Waals surface area (Å²) >= 11 is 2.72. The molecule has 2 aliphatic rings. The Hall–Kier alpha value is -5.07. The first-order valence-corrected chi connectivity index (χ1v) is 18.3. The molecule has 1 fully saturated rings. The summed E-state index contributed by atoms with van der Waals surface area (Å²) in [6, 6.07) is 23.6. The Kier molecular flexibility index (Phi) is 9.90. The smallest absolute Gasteiger partial charge is 0.301 e. The molecule has 1 amide bonds. The summed E-state index contributed by atoms with van der Waals surface area (Å²) in [7, 11) is 0. The van der Waals surface area contributed by atoms with E-state index in [9.17, 15) is 14.7 Å². The topological polar surface area (TPSA) is 120 Å². The second-order valence-electron chi connectivity index (χ2n) is 11.6. The number of carbonyl (C=O) groups is 2. The zero-order valence-corrected chi connectivity index (χ0v) is 29.2. The summed E-state index contributed by atoms with van der Waals surface area (Å²) in [5.74, 6) is 0.623. The second-order valence-corrected chi connectivity index (χ2v) is 13.8. The number of carbonyl (C=O) groups excluding carboxylic acids is 2. The molecule has 50 heavy (non-hydrogen) atoms. The molecule has 0 saturated carbocycles. The molecular formula is C38H35N3O7S2. The van der Waals surface area contributed by atoms with Crippen molar-refractivity contribution < 1.29 is 33.6 Å². The lowest BCUT2D eigenvalue weighted by Crippen LogP contribution is -2.29. The third-order valence-electron chi connectivity index (χ3n) is 8.43. The molecule has 0 aliphatic carbocycles. The van der Waals surface area contributed by atoms with Crippen molar-refractivity contribution in [1.29, 1.82) is 0 Å². The van der Waals surface area contributed by atoms with Gasteiger partial charge in [-0.05, 0) is 65.6 Å². The van der Waals surface area contributed by atoms with Crippen LogP contribution in [0.5, 0.6) is 23.0 Å². The Balaban J connectivity index is 1.28. The molecule has 7 rings (SSSR count). The quantitative estimate of drug-likeness (QED) is 0.0341. The number of ketones is 1. The van der Waals surface area contributed by atoms with E-state index in [4.69, 9.17) is 18.9 Å². The van der Waals surface area contributed by atoms with Crippen LogP contribution in [0.3, 0.4) is 0 Å². The van der Waals surface area contributed by atoms with Crippen molar-refractivity contribution in [3.63, 3.8) is 0 Å². The molecule has 3 heterocycles. The molecule has 10 nitrogen and oxygen atoms in total. The molecule has 0 bridgehead atoms. The summed E-state index contributed by atoms with van der Waals surface area (Å²) in [6.45, 7) is 5.61. The standard InChI is InChI=1S/C38H35N3O7S2/c1-3-5-17-46-28-15-13-24(20-30(28)45-4-2)33-32(34(42)25-14-16-29-31(21-25)48-19-18-47-29)35(43)36(44)41(33)37-39-40-38(50-37)49-22-26-11-8-10-23-9-6-7-12-27(23)26/h6-16,20-21,33,42H,3-5,17-19,22H2,1-2H3. The first-order chi connectivity index (χ1) is 24.5. The number of thioether (sulfide) groups is 1. The van der Waals surface area contributed by atoms with Crippen LogP contribution in [0, 0.1) is 0 Å². The fourth-order valence-electron chi connectivity index (χ4n) is 6.02. The third kappa shape index (κ3) is 6.60. The van der Waals surface area contributed by atoms with Gasteiger partial charge < -0.3 is 24.1 Å². The van der Waals surface area contributed by atoms with E-state index in [1.54, 1.807) is 36.4 Å². The van der Waals surface area contributed by atoms with Gasteiger partial charge in [-0.2, -0.15) is 0 Å². The van der Waals surface area contributed by atoms with E-state index in [2.05, 4.69) is 41.4 Å². The van der Waals surface area contributed by atoms with Crippen molar-refractivity contribution in [2.45, 2.75) is 42.8 Å². The molecule has 12 heteroatoms. The Morgan fingerprint density at radius 3 is 2.60 bits per heavy atom. The number of rotatable bonds is 12. The van der Waals surface area contributed by atoms with Crippen molar-refractivity contribution in [3.8, 4) is 23.0 Å². The van der Waals surface area contributed by atoms with Crippen LogP contribution in [-0.2, 0) is 15.3 Å². The molecule has 1 atom stereocenters. The number of amides is 1. The lowest BCUT2D eigenvalue weighted by atomic mass is 9.95. The fraction of sp³-hybridized carbons (Fsp3) is 0.263. The SMILES string of the molecule is CCCCOc1ccc(C2C(=C(O)c3ccc4c(c3)OCCO4)C(=O)C(=O)N2c2nnc(SCc3cccc4ccccc34)s2)cc1OCC. The molecule has 5 aromatic rings. The van der Waals surface area contributed by atoms with Crippen LogP contribution in [0.1, 0.15) is 49.4 Å². The number of anilines is 1. The van der Waals surface area contributed by atoms with E-state index in [1.807, 2.05) is 25.1 Å². The molecule has 1 N–H and O–H groups in total. The molecule has 2 aliphatic heterocycles. The minimum atomic E-state index is -1.03. The number of hydrogen-bond acceptors (Lipinski definition) is 11. The second kappa shape index (κ2) is 14.8. The maximum Gasteiger partial charge on any atom is 0.301 e. The van der Waals surface area contributed by atoms with Gasteiger partial charge >= 0.3 is 5.91 Å². The summed E-state index contributed by atoms with van der Waals surface area (Å²) in [5, 5.41) is 23.1. The van der Waals surface area contributed by atoms with E-state index >= 15 is 0 Å². The van der Waals surface area contributed by atoms with Gasteiger partial charge in [0, 0.05) is 11.3 Å². The van der Waals surface area contributed by atoms with Crippen LogP contribution >= 0.6 is 23.1 Å². The van der Waals surface area contributed by atoms with Crippen LogP contribution in [0.4, 0.5) is 5.13 Å². The summed E-state index contributed by atoms with van der Waals surface area (Å²) in [6.07, 6.45) is 1.85. The number of aliphatic hydroxyl groups excluding tert-OH is 1. The number of aromatic nitrogens is 2. The highest BCUT2D eigenvalue weighted by Crippen LogP contribution is 2.46. The molecule has 4 aromatic carbocycles. The Morgan fingerprint density at radius 2 is 1.76 bits per heavy atom. The van der Waals surface area contributed by atoms with E-state index in [0.29, 0.717) is 70.6 Å². The van der Waals surface area contributed by atoms with Gasteiger partial charge in [-0.1, -0.05) is 85.0 Å². The van der Waals surface area contributed by atoms with E-state index < -0.39 is 17.7 Å². The van der Waals surface area contributed by atoms with Gasteiger partial charge in [0.1, 0.15) is 19.0 Å². The highest BCUT2D eigenvalue weighted by molar-refractivity contribution is 8.00. The normalized spacial score (nSPS) is 16.6. The highest BCUT2D eigenvalue weighted by Gasteiger charge is 2.48. The number of aliphatic hydroxyl groups is 1. The highest BCUT2D eigenvalue weighted by atomic mass is 32.2. The average Bonchev–Trinajstić information content (AvgIpc) is 3.72. The lowest BCUT2D eigenvalue weighted by molar-refractivity contribution is -0.132. The van der Waals surface area contributed by atoms with Gasteiger partial charge in [0.25, 0.3) is 5.78 Å². The van der Waals surface area contributed by atoms with Crippen molar-refractivity contribution in [2.24, 2.45) is 0 Å². The molecule has 1 unspecified atom stereocenters. The predicted molar refractivity (Wildman–Crippen MR) is 194 cm³/mol. The molecule has 0 spiro atoms. The van der Waals surface area contributed by atoms with Crippen LogP contribution in [0.15, 0.2) is 88.8 Å². The number of ether oxygens (including phenoxy) is 4. The average molecular weight is 710 g/mol. The van der Waals surface area contributed by atoms with E-state index in [-0.39, 0.29) is 16.5 Å². The van der Waals surface area contributed by atoms with Crippen molar-refractivity contribution in [1.82, 2.24) is 10.2 Å². The monoisotopic (exact) mass is 709 g/mol. The first-order valence-electron chi connectivity index (χ1n) is 16.5. The Bertz CT molecular complexity index is 2090. The van der Waals surface area contributed by atoms with Crippen molar-refractivity contribution in [2.75, 3.05) is 31.3 Å². The number of hydrogen-bond donors (Lipinski definition) is 1. The van der Waals surface area contributed by atoms with Crippen molar-refractivity contribution in [3.05, 3.63) is 101 Å². The molecular weight excluding hydrogens is 675 g/mol. The number of unbranched alkanes of at least 4 members (excludes halogenated alkanes) is 1. The van der Waals surface area contributed by atoms with Gasteiger partial charge in [-0.25, -0.2) is 0 Å². The van der Waals surface area contributed by atoms with Gasteiger partial charge in [-0.15, -0.1) is 10.2 Å². The summed E-state index contributed by atoms with van der Waals surface area (Å²) in [5.41, 5.74) is 1.91. The van der Waals surface area contributed by atoms with Gasteiger partial charge in [0.05, 0.1) is 24.8 Å². The Labute approximate surface area is 297 Å². The number of fused-ring (bicyclic) bond motifs is 2. The molecule has 1 aromatic heterocycles. The predicted octanol–water partition coefficient (Wildman–Crippen LogP) is 7.96. The molecule has 256 valence electrons. The van der Waals surface area contributed by atoms with Crippen LogP contribution in [0.2, 0.25) is 0 Å². The molecule has 0 radical (unpaired) electrons. The number of Topliss-reactive ketones (excluding diaryl/α,β-unsaturated/α-hetero) is 1. The van der Waals surface area contributed by atoms with Gasteiger partial charge in [0.2, 0.25) is 5.13 Å². The van der Waals surface area contributed by atoms with Gasteiger partial charge in [-0.3, -0.25) is 14.5 Å². The first kappa shape index (κ1) is 33.4. The molecule has 1 saturated heterocycles. The number of nitrogens with zero attached hydrogens (tertiary/aromatic N) is 3. The summed E-state index contributed by atoms with van der Waals surface area (Å²) in [4.78, 5) is 29.1.